The van der Waals surface area contributed by atoms with Crippen LogP contribution in [0.2, 0.25) is 0 Å². The van der Waals surface area contributed by atoms with Crippen molar-refractivity contribution < 1.29 is 9.84 Å². The number of halogens is 1. The molecule has 0 aromatic heterocycles. The summed E-state index contributed by atoms with van der Waals surface area (Å²) in [5.74, 6) is 0.809. The van der Waals surface area contributed by atoms with Crippen molar-refractivity contribution in [3.05, 3.63) is 27.7 Å². The minimum absolute atomic E-state index is 0.334. The molecule has 14 heavy (non-hydrogen) atoms. The smallest absolute Gasteiger partial charge is 0.120 e. The van der Waals surface area contributed by atoms with Crippen molar-refractivity contribution in [2.45, 2.75) is 26.9 Å². The molecule has 0 spiro atoms. The molecule has 2 nitrogen and oxygen atoms in total. The fraction of sp³-hybridized carbons (Fsp3) is 0.455. The molecule has 0 aliphatic rings. The van der Waals surface area contributed by atoms with Crippen LogP contribution in [0.5, 0.6) is 5.75 Å². The van der Waals surface area contributed by atoms with Gasteiger partial charge in [0.15, 0.2) is 0 Å². The van der Waals surface area contributed by atoms with Crippen LogP contribution in [-0.2, 0) is 0 Å². The van der Waals surface area contributed by atoms with E-state index in [1.807, 2.05) is 26.0 Å². The highest BCUT2D eigenvalue weighted by molar-refractivity contribution is 9.10. The Labute approximate surface area is 93.0 Å². The Bertz CT molecular complexity index is 298. The fourth-order valence-electron chi connectivity index (χ4n) is 1.21. The monoisotopic (exact) mass is 258 g/mol. The van der Waals surface area contributed by atoms with E-state index in [1.165, 1.54) is 0 Å². The van der Waals surface area contributed by atoms with Crippen LogP contribution in [0.3, 0.4) is 0 Å². The topological polar surface area (TPSA) is 29.5 Å². The highest BCUT2D eigenvalue weighted by atomic mass is 79.9. The van der Waals surface area contributed by atoms with Crippen LogP contribution in [0.25, 0.3) is 0 Å². The number of rotatable bonds is 3. The first kappa shape index (κ1) is 11.5. The first-order valence-corrected chi connectivity index (χ1v) is 5.37. The summed E-state index contributed by atoms with van der Waals surface area (Å²) >= 11 is 3.49. The lowest BCUT2D eigenvalue weighted by Crippen LogP contribution is -2.12. The third kappa shape index (κ3) is 3.00. The number of ether oxygens (including phenoxy) is 1. The second-order valence-electron chi connectivity index (χ2n) is 3.53. The molecular formula is C11H15BrO2. The lowest BCUT2D eigenvalue weighted by atomic mass is 10.1. The maximum absolute atomic E-state index is 9.07. The molecule has 1 aromatic rings. The molecule has 0 aliphatic carbocycles. The lowest BCUT2D eigenvalue weighted by Gasteiger charge is -2.11. The van der Waals surface area contributed by atoms with Crippen molar-refractivity contribution in [2.24, 2.45) is 0 Å². The number of benzene rings is 1. The Hall–Kier alpha value is -0.540. The quantitative estimate of drug-likeness (QED) is 0.904. The predicted molar refractivity (Wildman–Crippen MR) is 60.8 cm³/mol. The second-order valence-corrected chi connectivity index (χ2v) is 4.32. The van der Waals surface area contributed by atoms with Crippen LogP contribution in [0.4, 0.5) is 0 Å². The van der Waals surface area contributed by atoms with Gasteiger partial charge in [0.25, 0.3) is 0 Å². The summed E-state index contributed by atoms with van der Waals surface area (Å²) in [5.41, 5.74) is 2.29. The van der Waals surface area contributed by atoms with Gasteiger partial charge in [0, 0.05) is 4.47 Å². The van der Waals surface area contributed by atoms with Crippen LogP contribution in [-0.4, -0.2) is 17.8 Å². The minimum atomic E-state index is -0.431. The van der Waals surface area contributed by atoms with Crippen molar-refractivity contribution in [1.29, 1.82) is 0 Å². The standard InChI is InChI=1S/C11H15BrO2/c1-7-4-10(14-6-9(3)13)5-8(2)11(7)12/h4-5,9,13H,6H2,1-3H3/t9-/m1/s1. The van der Waals surface area contributed by atoms with Crippen LogP contribution >= 0.6 is 15.9 Å². The summed E-state index contributed by atoms with van der Waals surface area (Å²) in [6.07, 6.45) is -0.431. The van der Waals surface area contributed by atoms with E-state index in [2.05, 4.69) is 15.9 Å². The molecule has 0 fully saturated rings. The molecule has 3 heteroatoms. The molecule has 0 heterocycles. The summed E-state index contributed by atoms with van der Waals surface area (Å²) < 4.78 is 6.53. The highest BCUT2D eigenvalue weighted by Crippen LogP contribution is 2.26. The number of hydrogen-bond donors (Lipinski definition) is 1. The average Bonchev–Trinajstić information content (AvgIpc) is 2.10. The normalized spacial score (nSPS) is 12.6. The Morgan fingerprint density at radius 2 is 1.86 bits per heavy atom. The van der Waals surface area contributed by atoms with Gasteiger partial charge in [-0.3, -0.25) is 0 Å². The van der Waals surface area contributed by atoms with Gasteiger partial charge < -0.3 is 9.84 Å². The predicted octanol–water partition coefficient (Wildman–Crippen LogP) is 2.83. The zero-order chi connectivity index (χ0) is 10.7. The Balaban J connectivity index is 2.79. The van der Waals surface area contributed by atoms with Gasteiger partial charge in [-0.2, -0.15) is 0 Å². The van der Waals surface area contributed by atoms with E-state index in [0.717, 1.165) is 21.3 Å². The minimum Gasteiger partial charge on any atom is -0.491 e. The molecule has 0 aliphatic heterocycles. The number of aryl methyl sites for hydroxylation is 2. The Morgan fingerprint density at radius 3 is 2.29 bits per heavy atom. The summed E-state index contributed by atoms with van der Waals surface area (Å²) in [7, 11) is 0. The van der Waals surface area contributed by atoms with E-state index in [1.54, 1.807) is 6.92 Å². The van der Waals surface area contributed by atoms with Crippen molar-refractivity contribution in [1.82, 2.24) is 0 Å². The second kappa shape index (κ2) is 4.80. The maximum atomic E-state index is 9.07. The average molecular weight is 259 g/mol. The molecule has 0 radical (unpaired) electrons. The van der Waals surface area contributed by atoms with E-state index in [9.17, 15) is 0 Å². The van der Waals surface area contributed by atoms with Gasteiger partial charge in [-0.05, 0) is 44.0 Å². The SMILES string of the molecule is Cc1cc(OC[C@@H](C)O)cc(C)c1Br. The van der Waals surface area contributed by atoms with Gasteiger partial charge >= 0.3 is 0 Å². The molecule has 0 saturated heterocycles. The van der Waals surface area contributed by atoms with Crippen molar-refractivity contribution in [2.75, 3.05) is 6.61 Å². The highest BCUT2D eigenvalue weighted by Gasteiger charge is 2.04. The first-order valence-electron chi connectivity index (χ1n) is 4.58. The maximum Gasteiger partial charge on any atom is 0.120 e. The molecule has 1 atom stereocenters. The summed E-state index contributed by atoms with van der Waals surface area (Å²) in [6.45, 7) is 6.08. The summed E-state index contributed by atoms with van der Waals surface area (Å²) in [5, 5.41) is 9.07. The fourth-order valence-corrected chi connectivity index (χ4v) is 1.44. The van der Waals surface area contributed by atoms with E-state index >= 15 is 0 Å². The summed E-state index contributed by atoms with van der Waals surface area (Å²) in [6, 6.07) is 3.92. The van der Waals surface area contributed by atoms with Gasteiger partial charge in [0.2, 0.25) is 0 Å². The number of aliphatic hydroxyl groups is 1. The van der Waals surface area contributed by atoms with E-state index in [0.29, 0.717) is 6.61 Å². The largest absolute Gasteiger partial charge is 0.491 e. The van der Waals surface area contributed by atoms with Crippen molar-refractivity contribution in [3.63, 3.8) is 0 Å². The van der Waals surface area contributed by atoms with E-state index in [-0.39, 0.29) is 0 Å². The van der Waals surface area contributed by atoms with Gasteiger partial charge in [-0.1, -0.05) is 15.9 Å². The van der Waals surface area contributed by atoms with Crippen LogP contribution in [0.1, 0.15) is 18.1 Å². The molecule has 1 rings (SSSR count). The molecular weight excluding hydrogens is 244 g/mol. The van der Waals surface area contributed by atoms with Crippen molar-refractivity contribution >= 4 is 15.9 Å². The van der Waals surface area contributed by atoms with Gasteiger partial charge in [-0.25, -0.2) is 0 Å². The third-order valence-electron chi connectivity index (χ3n) is 1.90. The molecule has 0 unspecified atom stereocenters. The molecule has 78 valence electrons. The van der Waals surface area contributed by atoms with Crippen LogP contribution in [0, 0.1) is 13.8 Å². The zero-order valence-corrected chi connectivity index (χ0v) is 10.3. The van der Waals surface area contributed by atoms with Gasteiger partial charge in [-0.15, -0.1) is 0 Å². The van der Waals surface area contributed by atoms with E-state index in [4.69, 9.17) is 9.84 Å². The zero-order valence-electron chi connectivity index (χ0n) is 8.67. The third-order valence-corrected chi connectivity index (χ3v) is 3.15. The van der Waals surface area contributed by atoms with Gasteiger partial charge in [0.05, 0.1) is 6.10 Å². The number of hydrogen-bond acceptors (Lipinski definition) is 2. The van der Waals surface area contributed by atoms with Crippen LogP contribution in [0.15, 0.2) is 16.6 Å². The molecule has 0 bridgehead atoms. The van der Waals surface area contributed by atoms with Gasteiger partial charge in [0.1, 0.15) is 12.4 Å². The molecule has 0 saturated carbocycles. The number of aliphatic hydroxyl groups excluding tert-OH is 1. The van der Waals surface area contributed by atoms with Crippen molar-refractivity contribution in [3.8, 4) is 5.75 Å². The Morgan fingerprint density at radius 1 is 1.36 bits per heavy atom. The first-order chi connectivity index (χ1) is 6.50. The van der Waals surface area contributed by atoms with Crippen LogP contribution < -0.4 is 4.74 Å². The lowest BCUT2D eigenvalue weighted by molar-refractivity contribution is 0.122. The summed E-state index contributed by atoms with van der Waals surface area (Å²) in [4.78, 5) is 0. The molecule has 1 N–H and O–H groups in total. The Kier molecular flexibility index (Phi) is 3.96. The molecule has 0 amide bonds. The molecule has 1 aromatic carbocycles. The van der Waals surface area contributed by atoms with E-state index < -0.39 is 6.10 Å².